The Balaban J connectivity index is 2.31. The van der Waals surface area contributed by atoms with Crippen LogP contribution in [0.15, 0.2) is 36.5 Å². The van der Waals surface area contributed by atoms with Crippen LogP contribution in [0.5, 0.6) is 0 Å². The van der Waals surface area contributed by atoms with Crippen molar-refractivity contribution in [2.75, 3.05) is 0 Å². The average Bonchev–Trinajstić information content (AvgIpc) is 2.39. The summed E-state index contributed by atoms with van der Waals surface area (Å²) in [5.41, 5.74) is 3.81. The molecule has 0 atom stereocenters. The maximum absolute atomic E-state index is 13.7. The fourth-order valence-electron chi connectivity index (χ4n) is 1.93. The number of nitrogens with zero attached hydrogens (tertiary/aromatic N) is 1. The van der Waals surface area contributed by atoms with Crippen molar-refractivity contribution in [1.29, 1.82) is 0 Å². The van der Waals surface area contributed by atoms with Crippen LogP contribution in [0, 0.1) is 12.7 Å². The first-order chi connectivity index (χ1) is 8.70. The SMILES string of the molecule is CCCCc1cc(-c2ccc(C)cn2)ccc1F. The molecule has 1 aromatic heterocycles. The molecule has 0 fully saturated rings. The second kappa shape index (κ2) is 5.76. The summed E-state index contributed by atoms with van der Waals surface area (Å²) in [4.78, 5) is 4.38. The molecule has 0 saturated heterocycles. The highest BCUT2D eigenvalue weighted by Gasteiger charge is 2.05. The Bertz CT molecular complexity index is 517. The quantitative estimate of drug-likeness (QED) is 0.768. The maximum Gasteiger partial charge on any atom is 0.126 e. The molecule has 1 heterocycles. The fraction of sp³-hybridized carbons (Fsp3) is 0.312. The predicted octanol–water partition coefficient (Wildman–Crippen LogP) is 4.54. The van der Waals surface area contributed by atoms with Crippen molar-refractivity contribution in [1.82, 2.24) is 4.98 Å². The summed E-state index contributed by atoms with van der Waals surface area (Å²) in [6, 6.07) is 9.26. The van der Waals surface area contributed by atoms with Crippen LogP contribution in [0.2, 0.25) is 0 Å². The van der Waals surface area contributed by atoms with E-state index < -0.39 is 0 Å². The van der Waals surface area contributed by atoms with Crippen LogP contribution in [-0.4, -0.2) is 4.98 Å². The lowest BCUT2D eigenvalue weighted by atomic mass is 10.0. The predicted molar refractivity (Wildman–Crippen MR) is 73.0 cm³/mol. The molecule has 0 radical (unpaired) electrons. The number of halogens is 1. The van der Waals surface area contributed by atoms with Crippen LogP contribution in [0.3, 0.4) is 0 Å². The van der Waals surface area contributed by atoms with E-state index in [1.54, 1.807) is 12.1 Å². The molecule has 0 N–H and O–H groups in total. The van der Waals surface area contributed by atoms with Crippen LogP contribution in [0.25, 0.3) is 11.3 Å². The molecular weight excluding hydrogens is 225 g/mol. The lowest BCUT2D eigenvalue weighted by Crippen LogP contribution is -1.93. The lowest BCUT2D eigenvalue weighted by molar-refractivity contribution is 0.603. The monoisotopic (exact) mass is 243 g/mol. The van der Waals surface area contributed by atoms with Crippen molar-refractivity contribution in [2.24, 2.45) is 0 Å². The molecule has 0 unspecified atom stereocenters. The van der Waals surface area contributed by atoms with E-state index >= 15 is 0 Å². The van der Waals surface area contributed by atoms with Crippen LogP contribution in [0.1, 0.15) is 30.9 Å². The number of unbranched alkanes of at least 4 members (excludes halogenated alkanes) is 1. The number of aromatic nitrogens is 1. The molecule has 2 aromatic rings. The van der Waals surface area contributed by atoms with Crippen molar-refractivity contribution < 1.29 is 4.39 Å². The normalized spacial score (nSPS) is 10.6. The van der Waals surface area contributed by atoms with Gasteiger partial charge in [-0.05, 0) is 55.2 Å². The summed E-state index contributed by atoms with van der Waals surface area (Å²) in [5, 5.41) is 0. The summed E-state index contributed by atoms with van der Waals surface area (Å²) < 4.78 is 13.7. The Morgan fingerprint density at radius 3 is 2.67 bits per heavy atom. The molecular formula is C16H18FN. The van der Waals surface area contributed by atoms with Crippen LogP contribution >= 0.6 is 0 Å². The van der Waals surface area contributed by atoms with Gasteiger partial charge in [0, 0.05) is 11.8 Å². The first-order valence-corrected chi connectivity index (χ1v) is 6.42. The smallest absolute Gasteiger partial charge is 0.126 e. The summed E-state index contributed by atoms with van der Waals surface area (Å²) in [7, 11) is 0. The summed E-state index contributed by atoms with van der Waals surface area (Å²) in [6.07, 6.45) is 4.72. The van der Waals surface area contributed by atoms with E-state index in [1.165, 1.54) is 0 Å². The molecule has 0 aliphatic rings. The highest BCUT2D eigenvalue weighted by atomic mass is 19.1. The van der Waals surface area contributed by atoms with Gasteiger partial charge in [-0.15, -0.1) is 0 Å². The maximum atomic E-state index is 13.7. The minimum absolute atomic E-state index is 0.112. The molecule has 1 nitrogen and oxygen atoms in total. The van der Waals surface area contributed by atoms with E-state index in [4.69, 9.17) is 0 Å². The number of pyridine rings is 1. The fourth-order valence-corrected chi connectivity index (χ4v) is 1.93. The zero-order chi connectivity index (χ0) is 13.0. The number of hydrogen-bond acceptors (Lipinski definition) is 1. The van der Waals surface area contributed by atoms with Crippen LogP contribution in [0.4, 0.5) is 4.39 Å². The Morgan fingerprint density at radius 1 is 1.17 bits per heavy atom. The third kappa shape index (κ3) is 2.95. The van der Waals surface area contributed by atoms with Crippen molar-refractivity contribution in [3.8, 4) is 11.3 Å². The van der Waals surface area contributed by atoms with E-state index in [-0.39, 0.29) is 5.82 Å². The molecule has 94 valence electrons. The Kier molecular flexibility index (Phi) is 4.08. The standard InChI is InChI=1S/C16H18FN/c1-3-4-5-13-10-14(7-8-15(13)17)16-9-6-12(2)11-18-16/h6-11H,3-5H2,1-2H3. The van der Waals surface area contributed by atoms with Crippen molar-refractivity contribution in [2.45, 2.75) is 33.1 Å². The lowest BCUT2D eigenvalue weighted by Gasteiger charge is -2.06. The van der Waals surface area contributed by atoms with Crippen molar-refractivity contribution in [3.63, 3.8) is 0 Å². The van der Waals surface area contributed by atoms with Gasteiger partial charge in [-0.2, -0.15) is 0 Å². The zero-order valence-electron chi connectivity index (χ0n) is 10.9. The van der Waals surface area contributed by atoms with Gasteiger partial charge in [0.15, 0.2) is 0 Å². The summed E-state index contributed by atoms with van der Waals surface area (Å²) >= 11 is 0. The minimum atomic E-state index is -0.112. The van der Waals surface area contributed by atoms with Crippen molar-refractivity contribution >= 4 is 0 Å². The van der Waals surface area contributed by atoms with Crippen LogP contribution < -0.4 is 0 Å². The average molecular weight is 243 g/mol. The third-order valence-corrected chi connectivity index (χ3v) is 3.05. The molecule has 1 aromatic carbocycles. The second-order valence-electron chi connectivity index (χ2n) is 4.63. The van der Waals surface area contributed by atoms with Gasteiger partial charge >= 0.3 is 0 Å². The number of aryl methyl sites for hydroxylation is 2. The van der Waals surface area contributed by atoms with Gasteiger partial charge in [0.1, 0.15) is 5.82 Å². The van der Waals surface area contributed by atoms with Gasteiger partial charge < -0.3 is 0 Å². The molecule has 18 heavy (non-hydrogen) atoms. The van der Waals surface area contributed by atoms with E-state index in [9.17, 15) is 4.39 Å². The Hall–Kier alpha value is -1.70. The molecule has 0 saturated carbocycles. The third-order valence-electron chi connectivity index (χ3n) is 3.05. The summed E-state index contributed by atoms with van der Waals surface area (Å²) in [5.74, 6) is -0.112. The van der Waals surface area contributed by atoms with Gasteiger partial charge in [0.05, 0.1) is 5.69 Å². The van der Waals surface area contributed by atoms with E-state index in [0.29, 0.717) is 0 Å². The molecule has 0 amide bonds. The highest BCUT2D eigenvalue weighted by Crippen LogP contribution is 2.21. The van der Waals surface area contributed by atoms with E-state index in [2.05, 4.69) is 11.9 Å². The second-order valence-corrected chi connectivity index (χ2v) is 4.63. The Labute approximate surface area is 108 Å². The summed E-state index contributed by atoms with van der Waals surface area (Å²) in [6.45, 7) is 4.12. The molecule has 0 spiro atoms. The largest absolute Gasteiger partial charge is 0.256 e. The first kappa shape index (κ1) is 12.7. The number of rotatable bonds is 4. The number of hydrogen-bond donors (Lipinski definition) is 0. The van der Waals surface area contributed by atoms with Gasteiger partial charge in [-0.25, -0.2) is 4.39 Å². The van der Waals surface area contributed by atoms with Gasteiger partial charge in [-0.3, -0.25) is 4.98 Å². The molecule has 2 rings (SSSR count). The topological polar surface area (TPSA) is 12.9 Å². The first-order valence-electron chi connectivity index (χ1n) is 6.42. The van der Waals surface area contributed by atoms with Gasteiger partial charge in [0.2, 0.25) is 0 Å². The van der Waals surface area contributed by atoms with Gasteiger partial charge in [-0.1, -0.05) is 19.4 Å². The molecule has 0 aliphatic carbocycles. The number of benzene rings is 1. The van der Waals surface area contributed by atoms with E-state index in [1.807, 2.05) is 31.3 Å². The molecule has 0 bridgehead atoms. The van der Waals surface area contributed by atoms with Gasteiger partial charge in [0.25, 0.3) is 0 Å². The van der Waals surface area contributed by atoms with E-state index in [0.717, 1.165) is 41.6 Å². The Morgan fingerprint density at radius 2 is 2.00 bits per heavy atom. The molecule has 2 heteroatoms. The van der Waals surface area contributed by atoms with Crippen LogP contribution in [-0.2, 0) is 6.42 Å². The highest BCUT2D eigenvalue weighted by molar-refractivity contribution is 5.60. The molecule has 0 aliphatic heterocycles. The zero-order valence-corrected chi connectivity index (χ0v) is 10.9. The minimum Gasteiger partial charge on any atom is -0.256 e. The van der Waals surface area contributed by atoms with Crippen molar-refractivity contribution in [3.05, 3.63) is 53.5 Å².